The summed E-state index contributed by atoms with van der Waals surface area (Å²) in [5.41, 5.74) is 18.8. The summed E-state index contributed by atoms with van der Waals surface area (Å²) < 4.78 is 0. The molecule has 0 spiro atoms. The van der Waals surface area contributed by atoms with Crippen molar-refractivity contribution in [3.63, 3.8) is 0 Å². The second-order valence-corrected chi connectivity index (χ2v) is 30.6. The van der Waals surface area contributed by atoms with Gasteiger partial charge in [-0.1, -0.05) is 202 Å². The number of nitrogens with one attached hydrogen (secondary N) is 7. The van der Waals surface area contributed by atoms with Crippen molar-refractivity contribution in [2.24, 2.45) is 29.4 Å². The van der Waals surface area contributed by atoms with Gasteiger partial charge in [0, 0.05) is 76.6 Å². The molecule has 12 aromatic rings. The monoisotopic (exact) mass is 1620 g/mol. The number of aromatic amines is 4. The van der Waals surface area contributed by atoms with Crippen LogP contribution >= 0.6 is 12.4 Å². The number of fused-ring (bicyclic) bond motifs is 12. The van der Waals surface area contributed by atoms with E-state index in [1.807, 2.05) is 201 Å². The number of rotatable bonds is 15. The number of benzene rings is 8. The number of anilines is 4. The van der Waals surface area contributed by atoms with E-state index in [0.29, 0.717) is 78.6 Å². The van der Waals surface area contributed by atoms with E-state index in [1.54, 1.807) is 40.7 Å². The minimum Gasteiger partial charge on any atom is -0.475 e. The number of carboxylic acids is 1. The molecule has 0 saturated heterocycles. The van der Waals surface area contributed by atoms with Crippen LogP contribution in [0.25, 0.3) is 0 Å². The number of para-hydroxylation sites is 4. The number of hydrogen-bond donors (Lipinski definition) is 9. The summed E-state index contributed by atoms with van der Waals surface area (Å²) in [5, 5.41) is 44.1. The predicted molar refractivity (Wildman–Crippen MR) is 448 cm³/mol. The van der Waals surface area contributed by atoms with E-state index in [9.17, 15) is 38.4 Å². The summed E-state index contributed by atoms with van der Waals surface area (Å²) >= 11 is 0. The molecule has 0 radical (unpaired) electrons. The van der Waals surface area contributed by atoms with Crippen LogP contribution in [0.3, 0.4) is 0 Å². The molecule has 29 nitrogen and oxygen atoms in total. The van der Waals surface area contributed by atoms with Crippen LogP contribution in [0.2, 0.25) is 0 Å². The maximum atomic E-state index is 13.0. The van der Waals surface area contributed by atoms with Crippen LogP contribution in [0.5, 0.6) is 0 Å². The number of carbonyl (C=O) groups is 8. The number of hydrogen-bond acceptors (Lipinski definition) is 17. The van der Waals surface area contributed by atoms with E-state index < -0.39 is 41.8 Å². The highest BCUT2D eigenvalue weighted by Crippen LogP contribution is 2.57. The summed E-state index contributed by atoms with van der Waals surface area (Å²) in [6.45, 7) is 0. The van der Waals surface area contributed by atoms with Gasteiger partial charge >= 0.3 is 5.97 Å². The van der Waals surface area contributed by atoms with Crippen LogP contribution in [-0.4, -0.2) is 166 Å². The number of carbonyl (C=O) groups excluding carboxylic acids is 7. The first-order valence-electron chi connectivity index (χ1n) is 39.0. The first kappa shape index (κ1) is 81.9. The zero-order valence-corrected chi connectivity index (χ0v) is 65.8. The van der Waals surface area contributed by atoms with Gasteiger partial charge in [0.05, 0.1) is 6.04 Å². The number of amides is 7. The van der Waals surface area contributed by atoms with Crippen LogP contribution in [0, 0.1) is 23.7 Å². The van der Waals surface area contributed by atoms with E-state index in [0.717, 1.165) is 70.7 Å². The molecular weight excluding hydrogens is 1530 g/mol. The number of aromatic carboxylic acids is 1. The topological polar surface area (TPSA) is 398 Å². The SMILES string of the molecule is C.CN1C(=O)C(N)C2CC2c2ccccc21.CN1C(=O)C(NC(=O)c2n[nH]c(Cc3ccccc3)n2)C2CC2c2ccccc21.CN1C(=O)[C@@H](NC(=O)c2n[nH]c(Cc3ccccc3)n2)[C@H]2C[C@H]2c2ccccc21.CN1C(=O)[C@H](NC(=O)c2n[nH]c(Cc3ccccc3)n2)[C@@H]2C[C@@H]2c2ccccc21.Cl.O=C(O)c1n[nH]c(Cc2ccccc2)n1. The normalized spacial score (nSPS) is 21.9. The van der Waals surface area contributed by atoms with Crippen LogP contribution in [0.15, 0.2) is 218 Å². The first-order chi connectivity index (χ1) is 56.8. The predicted octanol–water partition coefficient (Wildman–Crippen LogP) is 10.1. The van der Waals surface area contributed by atoms with Gasteiger partial charge in [-0.2, -0.15) is 0 Å². The van der Waals surface area contributed by atoms with Crippen molar-refractivity contribution < 1.29 is 43.5 Å². The van der Waals surface area contributed by atoms with Gasteiger partial charge in [0.1, 0.15) is 41.4 Å². The number of nitrogens with zero attached hydrogens (tertiary/aromatic N) is 12. The summed E-state index contributed by atoms with van der Waals surface area (Å²) in [4.78, 5) is 123. The fourth-order valence-electron chi connectivity index (χ4n) is 16.5. The summed E-state index contributed by atoms with van der Waals surface area (Å²) in [6.07, 6.45) is 6.00. The second-order valence-electron chi connectivity index (χ2n) is 30.6. The zero-order chi connectivity index (χ0) is 81.1. The minimum absolute atomic E-state index is 0. The molecule has 8 aliphatic rings. The molecular formula is C89H91ClN20O9. The van der Waals surface area contributed by atoms with Gasteiger partial charge in [0.25, 0.3) is 23.5 Å². The Morgan fingerprint density at radius 1 is 0.353 bits per heavy atom. The zero-order valence-electron chi connectivity index (χ0n) is 64.9. The van der Waals surface area contributed by atoms with Crippen LogP contribution in [0.1, 0.15) is 167 Å². The Bertz CT molecular complexity index is 5280. The van der Waals surface area contributed by atoms with Crippen molar-refractivity contribution in [2.75, 3.05) is 47.8 Å². The smallest absolute Gasteiger partial charge is 0.375 e. The maximum absolute atomic E-state index is 13.0. The van der Waals surface area contributed by atoms with Crippen LogP contribution < -0.4 is 41.3 Å². The Morgan fingerprint density at radius 3 is 0.849 bits per heavy atom. The molecule has 4 fully saturated rings. The molecule has 119 heavy (non-hydrogen) atoms. The molecule has 30 heteroatoms. The first-order valence-corrected chi connectivity index (χ1v) is 39.0. The minimum atomic E-state index is -1.12. The second kappa shape index (κ2) is 35.4. The molecule has 12 atom stereocenters. The van der Waals surface area contributed by atoms with Crippen molar-refractivity contribution >= 4 is 82.5 Å². The van der Waals surface area contributed by atoms with Crippen molar-refractivity contribution in [1.29, 1.82) is 0 Å². The lowest BCUT2D eigenvalue weighted by atomic mass is 10.1. The molecule has 4 aliphatic carbocycles. The number of carboxylic acid groups (broad SMARTS) is 1. The standard InChI is InChI=1S/3C22H21N5O2.C12H14N2O.C10H9N3O2.CH4.ClH/c3*1-27-17-10-6-5-9-14(17)15-12-16(15)19(22(27)29)24-21(28)20-23-18(25-26-20)11-13-7-3-2-4-8-13;1-14-10-5-3-2-4-7(10)8-6-9(8)11(13)12(14)15;14-10(15)9-11-8(12-13-9)6-7-4-2-1-3-5-7;;/h3*2-10,15-16,19H,11-12H2,1H3,(H,24,28)(H,23,25,26);2-5,8-9,11H,6,13H2,1H3;1-5H,6H2,(H,14,15)(H,11,12,13);1H4;1H/t2*15-,16-,19-;;;;;/m10...../s1. The number of halogens is 1. The molecule has 4 saturated carbocycles. The van der Waals surface area contributed by atoms with E-state index >= 15 is 0 Å². The highest BCUT2D eigenvalue weighted by molar-refractivity contribution is 6.05. The number of aromatic nitrogens is 12. The molecule has 7 amide bonds. The fraction of sp³-hybridized carbons (Fsp3) is 0.281. The Kier molecular flexibility index (Phi) is 24.4. The largest absolute Gasteiger partial charge is 0.475 e. The molecule has 6 unspecified atom stereocenters. The van der Waals surface area contributed by atoms with Crippen LogP contribution in [0.4, 0.5) is 22.7 Å². The summed E-state index contributed by atoms with van der Waals surface area (Å²) in [6, 6.07) is 69.2. The van der Waals surface area contributed by atoms with Gasteiger partial charge in [-0.15, -0.1) is 32.8 Å². The molecule has 8 heterocycles. The Hall–Kier alpha value is -13.7. The van der Waals surface area contributed by atoms with Gasteiger partial charge in [-0.3, -0.25) is 54.0 Å². The quantitative estimate of drug-likeness (QED) is 0.0460. The van der Waals surface area contributed by atoms with Crippen molar-refractivity contribution in [3.8, 4) is 0 Å². The number of nitrogens with two attached hydrogens (primary N) is 1. The lowest BCUT2D eigenvalue weighted by Crippen LogP contribution is -2.48. The summed E-state index contributed by atoms with van der Waals surface area (Å²) in [5.74, 6) is 1.82. The molecule has 8 aromatic carbocycles. The Morgan fingerprint density at radius 2 is 0.580 bits per heavy atom. The van der Waals surface area contributed by atoms with Crippen molar-refractivity contribution in [2.45, 2.75) is 107 Å². The lowest BCUT2D eigenvalue weighted by Gasteiger charge is -2.23. The Balaban J connectivity index is 0.000000125. The highest BCUT2D eigenvalue weighted by atomic mass is 35.5. The molecule has 608 valence electrons. The number of H-pyrrole nitrogens is 4. The van der Waals surface area contributed by atoms with E-state index in [-0.39, 0.29) is 90.6 Å². The van der Waals surface area contributed by atoms with Gasteiger partial charge in [0.15, 0.2) is 0 Å². The molecule has 10 N–H and O–H groups in total. The van der Waals surface area contributed by atoms with Crippen LogP contribution in [-0.2, 0) is 44.9 Å². The third-order valence-corrected chi connectivity index (χ3v) is 22.9. The molecule has 0 bridgehead atoms. The van der Waals surface area contributed by atoms with E-state index in [1.165, 1.54) is 22.3 Å². The maximum Gasteiger partial charge on any atom is 0.375 e. The number of likely N-dealkylation sites (N-methyl/N-ethyl adjacent to an activating group) is 4. The highest BCUT2D eigenvalue weighted by Gasteiger charge is 2.55. The van der Waals surface area contributed by atoms with Gasteiger partial charge in [0.2, 0.25) is 41.1 Å². The molecule has 20 rings (SSSR count). The average Bonchev–Trinajstić information content (AvgIpc) is 1.60. The summed E-state index contributed by atoms with van der Waals surface area (Å²) in [7, 11) is 7.09. The third kappa shape index (κ3) is 18.0. The van der Waals surface area contributed by atoms with E-state index in [2.05, 4.69) is 101 Å². The molecule has 4 aromatic heterocycles. The van der Waals surface area contributed by atoms with E-state index in [4.69, 9.17) is 10.8 Å². The van der Waals surface area contributed by atoms with Gasteiger partial charge in [-0.25, -0.2) is 24.7 Å². The molecule has 4 aliphatic heterocycles. The lowest BCUT2D eigenvalue weighted by molar-refractivity contribution is -0.121. The van der Waals surface area contributed by atoms with Gasteiger partial charge in [-0.05, 0) is 142 Å². The van der Waals surface area contributed by atoms with Gasteiger partial charge < -0.3 is 46.4 Å². The average molecular weight is 1620 g/mol. The third-order valence-electron chi connectivity index (χ3n) is 22.9. The van der Waals surface area contributed by atoms with Crippen molar-refractivity contribution in [1.82, 2.24) is 76.7 Å². The van der Waals surface area contributed by atoms with Crippen molar-refractivity contribution in [3.05, 3.63) is 309 Å². The fourth-order valence-corrected chi connectivity index (χ4v) is 16.5. The Labute approximate surface area is 692 Å².